The molecule has 1 rings (SSSR count). The first-order valence-corrected chi connectivity index (χ1v) is 10.4. The fourth-order valence-electron chi connectivity index (χ4n) is 4.55. The molecule has 1 saturated carbocycles. The average molecular weight is 308 g/mol. The van der Waals surface area contributed by atoms with E-state index >= 15 is 0 Å². The molecule has 0 amide bonds. The third kappa shape index (κ3) is 8.59. The summed E-state index contributed by atoms with van der Waals surface area (Å²) in [6, 6.07) is 0. The molecule has 3 unspecified atom stereocenters. The summed E-state index contributed by atoms with van der Waals surface area (Å²) in [6.07, 6.45) is 20.1. The zero-order valence-electron chi connectivity index (χ0n) is 15.9. The molecule has 0 N–H and O–H groups in total. The monoisotopic (exact) mass is 307 g/mol. The summed E-state index contributed by atoms with van der Waals surface area (Å²) < 4.78 is 0. The minimum atomic E-state index is 0.899. The van der Waals surface area contributed by atoms with E-state index in [1.807, 2.05) is 0 Å². The first-order valence-electron chi connectivity index (χ1n) is 10.4. The van der Waals surface area contributed by atoms with E-state index in [0.29, 0.717) is 0 Å². The Labute approximate surface area is 141 Å². The molecular weight excluding hydrogens is 264 g/mol. The van der Waals surface area contributed by atoms with Crippen LogP contribution in [0, 0.1) is 30.6 Å². The third-order valence-corrected chi connectivity index (χ3v) is 5.98. The number of rotatable bonds is 12. The molecule has 1 aliphatic rings. The smallest absolute Gasteiger partial charge is 0.0362 e. The lowest BCUT2D eigenvalue weighted by molar-refractivity contribution is 0.133. The van der Waals surface area contributed by atoms with E-state index in [9.17, 15) is 0 Å². The lowest BCUT2D eigenvalue weighted by atomic mass is 9.68. The second-order valence-corrected chi connectivity index (χ2v) is 8.41. The van der Waals surface area contributed by atoms with Crippen LogP contribution < -0.4 is 0 Å². The Morgan fingerprint density at radius 1 is 0.818 bits per heavy atom. The highest BCUT2D eigenvalue weighted by molar-refractivity contribution is 4.80. The summed E-state index contributed by atoms with van der Waals surface area (Å²) in [5, 5.41) is 0. The van der Waals surface area contributed by atoms with Gasteiger partial charge in [0.05, 0.1) is 0 Å². The van der Waals surface area contributed by atoms with Gasteiger partial charge in [0.2, 0.25) is 0 Å². The minimum Gasteiger partial charge on any atom is -0.0625 e. The van der Waals surface area contributed by atoms with Crippen molar-refractivity contribution in [3.8, 4) is 0 Å². The van der Waals surface area contributed by atoms with E-state index in [1.165, 1.54) is 83.5 Å². The Bertz CT molecular complexity index is 242. The molecule has 3 atom stereocenters. The minimum absolute atomic E-state index is 0.899. The van der Waals surface area contributed by atoms with Gasteiger partial charge in [-0.15, -0.1) is 0 Å². The summed E-state index contributed by atoms with van der Waals surface area (Å²) in [5.41, 5.74) is 0. The number of hydrogen-bond donors (Lipinski definition) is 0. The van der Waals surface area contributed by atoms with Gasteiger partial charge in [0.1, 0.15) is 0 Å². The Kier molecular flexibility index (Phi) is 11.3. The predicted molar refractivity (Wildman–Crippen MR) is 101 cm³/mol. The molecular formula is C22H43. The molecule has 0 aromatic rings. The average Bonchev–Trinajstić information content (AvgIpc) is 2.49. The van der Waals surface area contributed by atoms with Crippen LogP contribution in [-0.4, -0.2) is 0 Å². The largest absolute Gasteiger partial charge is 0.0625 e. The highest BCUT2D eigenvalue weighted by atomic mass is 14.3. The molecule has 0 heteroatoms. The predicted octanol–water partition coefficient (Wildman–Crippen LogP) is 7.82. The maximum Gasteiger partial charge on any atom is -0.0362 e. The molecule has 1 radical (unpaired) electrons. The molecule has 1 aliphatic carbocycles. The van der Waals surface area contributed by atoms with E-state index in [-0.39, 0.29) is 0 Å². The van der Waals surface area contributed by atoms with Crippen LogP contribution in [0.3, 0.4) is 0 Å². The second kappa shape index (κ2) is 12.4. The van der Waals surface area contributed by atoms with Gasteiger partial charge in [-0.25, -0.2) is 0 Å². The highest BCUT2D eigenvalue weighted by Gasteiger charge is 2.29. The van der Waals surface area contributed by atoms with Gasteiger partial charge >= 0.3 is 0 Å². The SMILES string of the molecule is [CH2]CCCCCCCCCCCC1CC(C)CCC1C(C)C. The van der Waals surface area contributed by atoms with Gasteiger partial charge in [-0.2, -0.15) is 0 Å². The Balaban J connectivity index is 2.00. The van der Waals surface area contributed by atoms with Crippen LogP contribution in [0.4, 0.5) is 0 Å². The van der Waals surface area contributed by atoms with Crippen LogP contribution in [0.2, 0.25) is 0 Å². The quantitative estimate of drug-likeness (QED) is 0.322. The first kappa shape index (κ1) is 20.0. The van der Waals surface area contributed by atoms with Crippen LogP contribution in [0.1, 0.15) is 111 Å². The summed E-state index contributed by atoms with van der Waals surface area (Å²) in [7, 11) is 0. The van der Waals surface area contributed by atoms with Gasteiger partial charge in [-0.3, -0.25) is 0 Å². The molecule has 0 saturated heterocycles. The fourth-order valence-corrected chi connectivity index (χ4v) is 4.55. The van der Waals surface area contributed by atoms with Gasteiger partial charge in [-0.05, 0) is 36.5 Å². The fraction of sp³-hybridized carbons (Fsp3) is 0.955. The molecule has 22 heavy (non-hydrogen) atoms. The van der Waals surface area contributed by atoms with Crippen LogP contribution in [0.5, 0.6) is 0 Å². The zero-order valence-corrected chi connectivity index (χ0v) is 15.9. The molecule has 131 valence electrons. The molecule has 0 heterocycles. The van der Waals surface area contributed by atoms with E-state index in [0.717, 1.165) is 30.1 Å². The van der Waals surface area contributed by atoms with E-state index < -0.39 is 0 Å². The van der Waals surface area contributed by atoms with Crippen LogP contribution in [0.25, 0.3) is 0 Å². The normalized spacial score (nSPS) is 25.8. The van der Waals surface area contributed by atoms with Crippen molar-refractivity contribution in [1.29, 1.82) is 0 Å². The summed E-state index contributed by atoms with van der Waals surface area (Å²) >= 11 is 0. The van der Waals surface area contributed by atoms with Crippen molar-refractivity contribution >= 4 is 0 Å². The van der Waals surface area contributed by atoms with E-state index in [2.05, 4.69) is 27.7 Å². The van der Waals surface area contributed by atoms with Gasteiger partial charge in [-0.1, -0.05) is 105 Å². The van der Waals surface area contributed by atoms with Crippen LogP contribution >= 0.6 is 0 Å². The van der Waals surface area contributed by atoms with Gasteiger partial charge in [0, 0.05) is 0 Å². The second-order valence-electron chi connectivity index (χ2n) is 8.41. The summed E-state index contributed by atoms with van der Waals surface area (Å²) in [5.74, 6) is 3.94. The van der Waals surface area contributed by atoms with Crippen molar-refractivity contribution in [3.63, 3.8) is 0 Å². The van der Waals surface area contributed by atoms with Crippen molar-refractivity contribution in [3.05, 3.63) is 6.92 Å². The standard InChI is InChI=1S/C22H43/c1-5-6-7-8-9-10-11-12-13-14-15-21-18-20(4)16-17-22(21)19(2)3/h19-22H,1,5-18H2,2-4H3. The zero-order chi connectivity index (χ0) is 16.2. The topological polar surface area (TPSA) is 0 Å². The van der Waals surface area contributed by atoms with Crippen molar-refractivity contribution < 1.29 is 0 Å². The molecule has 0 bridgehead atoms. The van der Waals surface area contributed by atoms with Crippen molar-refractivity contribution in [2.45, 2.75) is 111 Å². The van der Waals surface area contributed by atoms with Crippen LogP contribution in [-0.2, 0) is 0 Å². The summed E-state index contributed by atoms with van der Waals surface area (Å²) in [4.78, 5) is 0. The molecule has 1 fully saturated rings. The van der Waals surface area contributed by atoms with Crippen molar-refractivity contribution in [2.75, 3.05) is 0 Å². The van der Waals surface area contributed by atoms with E-state index in [4.69, 9.17) is 0 Å². The van der Waals surface area contributed by atoms with Gasteiger partial charge < -0.3 is 0 Å². The molecule has 0 aromatic carbocycles. The van der Waals surface area contributed by atoms with E-state index in [1.54, 1.807) is 0 Å². The highest BCUT2D eigenvalue weighted by Crippen LogP contribution is 2.40. The van der Waals surface area contributed by atoms with Crippen molar-refractivity contribution in [2.24, 2.45) is 23.7 Å². The Hall–Kier alpha value is 0. The van der Waals surface area contributed by atoms with Crippen molar-refractivity contribution in [1.82, 2.24) is 0 Å². The lowest BCUT2D eigenvalue weighted by Gasteiger charge is -2.37. The lowest BCUT2D eigenvalue weighted by Crippen LogP contribution is -2.27. The molecule has 0 spiro atoms. The molecule has 0 aliphatic heterocycles. The third-order valence-electron chi connectivity index (χ3n) is 5.98. The number of unbranched alkanes of at least 4 members (excludes halogenated alkanes) is 9. The van der Waals surface area contributed by atoms with Gasteiger partial charge in [0.25, 0.3) is 0 Å². The first-order chi connectivity index (χ1) is 10.6. The van der Waals surface area contributed by atoms with Gasteiger partial charge in [0.15, 0.2) is 0 Å². The maximum absolute atomic E-state index is 3.91. The Morgan fingerprint density at radius 2 is 1.36 bits per heavy atom. The maximum atomic E-state index is 3.91. The summed E-state index contributed by atoms with van der Waals surface area (Å²) in [6.45, 7) is 11.3. The molecule has 0 aromatic heterocycles. The van der Waals surface area contributed by atoms with Crippen LogP contribution in [0.15, 0.2) is 0 Å². The Morgan fingerprint density at radius 3 is 1.91 bits per heavy atom. The molecule has 0 nitrogen and oxygen atoms in total. The number of hydrogen-bond acceptors (Lipinski definition) is 0.